The molecule has 0 atom stereocenters. The Bertz CT molecular complexity index is 255. The summed E-state index contributed by atoms with van der Waals surface area (Å²) in [6.45, 7) is 1.05. The molecule has 0 saturated heterocycles. The largest absolute Gasteiger partial charge is 0.475 e. The van der Waals surface area contributed by atoms with Crippen molar-refractivity contribution < 1.29 is 9.47 Å². The van der Waals surface area contributed by atoms with Crippen LogP contribution >= 0.6 is 0 Å². The minimum atomic E-state index is 0.497. The van der Waals surface area contributed by atoms with Crippen LogP contribution in [-0.2, 0) is 4.74 Å². The Kier molecular flexibility index (Phi) is 3.98. The van der Waals surface area contributed by atoms with Crippen LogP contribution in [0, 0.1) is 0 Å². The molecule has 0 saturated carbocycles. The standard InChI is InChI=1S/C8H13N3O2/c1-9-7-5-8(11-6-10-7)13-4-3-12-2/h5-6H,3-4H2,1-2H3,(H,9,10,11). The molecule has 5 heteroatoms. The molecule has 72 valence electrons. The van der Waals surface area contributed by atoms with Crippen molar-refractivity contribution in [2.45, 2.75) is 0 Å². The predicted molar refractivity (Wildman–Crippen MR) is 48.9 cm³/mol. The smallest absolute Gasteiger partial charge is 0.218 e. The lowest BCUT2D eigenvalue weighted by molar-refractivity contribution is 0.143. The van der Waals surface area contributed by atoms with Gasteiger partial charge in [0.1, 0.15) is 18.8 Å². The number of hydrogen-bond donors (Lipinski definition) is 1. The lowest BCUT2D eigenvalue weighted by atomic mass is 10.5. The summed E-state index contributed by atoms with van der Waals surface area (Å²) in [4.78, 5) is 7.88. The molecule has 0 fully saturated rings. The fraction of sp³-hybridized carbons (Fsp3) is 0.500. The maximum atomic E-state index is 5.27. The Balaban J connectivity index is 2.46. The maximum absolute atomic E-state index is 5.27. The molecule has 0 amide bonds. The van der Waals surface area contributed by atoms with E-state index >= 15 is 0 Å². The molecule has 0 radical (unpaired) electrons. The summed E-state index contributed by atoms with van der Waals surface area (Å²) in [6.07, 6.45) is 1.45. The number of methoxy groups -OCH3 is 1. The zero-order chi connectivity index (χ0) is 9.52. The first-order chi connectivity index (χ1) is 6.36. The van der Waals surface area contributed by atoms with E-state index in [0.29, 0.717) is 19.1 Å². The Hall–Kier alpha value is -1.36. The molecule has 0 bridgehead atoms. The Morgan fingerprint density at radius 1 is 1.38 bits per heavy atom. The van der Waals surface area contributed by atoms with E-state index in [1.54, 1.807) is 20.2 Å². The highest BCUT2D eigenvalue weighted by Gasteiger charge is 1.96. The van der Waals surface area contributed by atoms with Crippen LogP contribution in [0.25, 0.3) is 0 Å². The highest BCUT2D eigenvalue weighted by molar-refractivity contribution is 5.35. The Labute approximate surface area is 77.1 Å². The SMILES string of the molecule is CNc1cc(OCCOC)ncn1. The molecule has 13 heavy (non-hydrogen) atoms. The van der Waals surface area contributed by atoms with Crippen molar-refractivity contribution in [1.82, 2.24) is 9.97 Å². The third kappa shape index (κ3) is 3.25. The third-order valence-corrected chi connectivity index (χ3v) is 1.44. The van der Waals surface area contributed by atoms with Crippen LogP contribution in [-0.4, -0.2) is 37.3 Å². The summed E-state index contributed by atoms with van der Waals surface area (Å²) >= 11 is 0. The van der Waals surface area contributed by atoms with E-state index < -0.39 is 0 Å². The Morgan fingerprint density at radius 3 is 2.92 bits per heavy atom. The average Bonchev–Trinajstić information content (AvgIpc) is 2.19. The van der Waals surface area contributed by atoms with Crippen LogP contribution in [0.15, 0.2) is 12.4 Å². The normalized spacial score (nSPS) is 9.69. The number of nitrogens with zero attached hydrogens (tertiary/aromatic N) is 2. The molecule has 1 heterocycles. The fourth-order valence-corrected chi connectivity index (χ4v) is 0.785. The number of anilines is 1. The van der Waals surface area contributed by atoms with Crippen LogP contribution in [0.4, 0.5) is 5.82 Å². The third-order valence-electron chi connectivity index (χ3n) is 1.44. The summed E-state index contributed by atoms with van der Waals surface area (Å²) in [5.41, 5.74) is 0. The molecule has 1 rings (SSSR count). The molecule has 1 aromatic rings. The zero-order valence-electron chi connectivity index (χ0n) is 7.78. The molecular formula is C8H13N3O2. The quantitative estimate of drug-likeness (QED) is 0.675. The van der Waals surface area contributed by atoms with Gasteiger partial charge in [-0.15, -0.1) is 0 Å². The first-order valence-electron chi connectivity index (χ1n) is 3.98. The topological polar surface area (TPSA) is 56.3 Å². The lowest BCUT2D eigenvalue weighted by Gasteiger charge is -2.04. The van der Waals surface area contributed by atoms with Gasteiger partial charge in [0.15, 0.2) is 0 Å². The van der Waals surface area contributed by atoms with Crippen molar-refractivity contribution >= 4 is 5.82 Å². The van der Waals surface area contributed by atoms with E-state index in [-0.39, 0.29) is 0 Å². The molecule has 0 spiro atoms. The van der Waals surface area contributed by atoms with Crippen LogP contribution in [0.2, 0.25) is 0 Å². The first-order valence-corrected chi connectivity index (χ1v) is 3.98. The van der Waals surface area contributed by atoms with Crippen molar-refractivity contribution in [2.24, 2.45) is 0 Å². The van der Waals surface area contributed by atoms with Gasteiger partial charge in [0.05, 0.1) is 6.61 Å². The van der Waals surface area contributed by atoms with E-state index in [9.17, 15) is 0 Å². The molecule has 0 aliphatic rings. The zero-order valence-corrected chi connectivity index (χ0v) is 7.78. The van der Waals surface area contributed by atoms with E-state index in [2.05, 4.69) is 15.3 Å². The Morgan fingerprint density at radius 2 is 2.23 bits per heavy atom. The maximum Gasteiger partial charge on any atom is 0.218 e. The number of ether oxygens (including phenoxy) is 2. The van der Waals surface area contributed by atoms with Gasteiger partial charge in [-0.2, -0.15) is 0 Å². The van der Waals surface area contributed by atoms with Gasteiger partial charge in [-0.1, -0.05) is 0 Å². The summed E-state index contributed by atoms with van der Waals surface area (Å²) in [7, 11) is 3.42. The number of nitrogens with one attached hydrogen (secondary N) is 1. The minimum absolute atomic E-state index is 0.497. The molecule has 1 aromatic heterocycles. The van der Waals surface area contributed by atoms with E-state index in [4.69, 9.17) is 9.47 Å². The van der Waals surface area contributed by atoms with Crippen molar-refractivity contribution in [3.05, 3.63) is 12.4 Å². The molecule has 0 unspecified atom stereocenters. The van der Waals surface area contributed by atoms with Crippen LogP contribution < -0.4 is 10.1 Å². The second-order valence-corrected chi connectivity index (χ2v) is 2.33. The second-order valence-electron chi connectivity index (χ2n) is 2.33. The second kappa shape index (κ2) is 5.31. The van der Waals surface area contributed by atoms with Crippen LogP contribution in [0.5, 0.6) is 5.88 Å². The van der Waals surface area contributed by atoms with Gasteiger partial charge in [-0.05, 0) is 0 Å². The monoisotopic (exact) mass is 183 g/mol. The fourth-order valence-electron chi connectivity index (χ4n) is 0.785. The molecule has 0 aromatic carbocycles. The van der Waals surface area contributed by atoms with Gasteiger partial charge < -0.3 is 14.8 Å². The van der Waals surface area contributed by atoms with Gasteiger partial charge in [-0.25, -0.2) is 9.97 Å². The van der Waals surface area contributed by atoms with E-state index in [1.807, 2.05) is 0 Å². The van der Waals surface area contributed by atoms with Crippen LogP contribution in [0.3, 0.4) is 0 Å². The lowest BCUT2D eigenvalue weighted by Crippen LogP contribution is -2.06. The van der Waals surface area contributed by atoms with Crippen molar-refractivity contribution in [2.75, 3.05) is 32.7 Å². The molecule has 1 N–H and O–H groups in total. The number of rotatable bonds is 5. The molecule has 0 aliphatic carbocycles. The predicted octanol–water partition coefficient (Wildman–Crippen LogP) is 0.543. The van der Waals surface area contributed by atoms with Gasteiger partial charge in [0, 0.05) is 20.2 Å². The summed E-state index contributed by atoms with van der Waals surface area (Å²) in [5, 5.41) is 2.90. The highest BCUT2D eigenvalue weighted by atomic mass is 16.5. The van der Waals surface area contributed by atoms with Gasteiger partial charge in [0.25, 0.3) is 0 Å². The van der Waals surface area contributed by atoms with Crippen LogP contribution in [0.1, 0.15) is 0 Å². The van der Waals surface area contributed by atoms with Crippen molar-refractivity contribution in [3.63, 3.8) is 0 Å². The van der Waals surface area contributed by atoms with Gasteiger partial charge >= 0.3 is 0 Å². The molecular weight excluding hydrogens is 170 g/mol. The summed E-state index contributed by atoms with van der Waals surface area (Å²) in [6, 6.07) is 1.73. The van der Waals surface area contributed by atoms with E-state index in [0.717, 1.165) is 5.82 Å². The van der Waals surface area contributed by atoms with E-state index in [1.165, 1.54) is 6.33 Å². The summed E-state index contributed by atoms with van der Waals surface area (Å²) in [5.74, 6) is 1.29. The highest BCUT2D eigenvalue weighted by Crippen LogP contribution is 2.09. The van der Waals surface area contributed by atoms with Crippen molar-refractivity contribution in [1.29, 1.82) is 0 Å². The first kappa shape index (κ1) is 9.73. The van der Waals surface area contributed by atoms with Crippen molar-refractivity contribution in [3.8, 4) is 5.88 Å². The number of hydrogen-bond acceptors (Lipinski definition) is 5. The van der Waals surface area contributed by atoms with Gasteiger partial charge in [-0.3, -0.25) is 0 Å². The average molecular weight is 183 g/mol. The molecule has 5 nitrogen and oxygen atoms in total. The molecule has 0 aliphatic heterocycles. The van der Waals surface area contributed by atoms with Gasteiger partial charge in [0.2, 0.25) is 5.88 Å². The minimum Gasteiger partial charge on any atom is -0.475 e. The summed E-state index contributed by atoms with van der Waals surface area (Å²) < 4.78 is 10.1. The number of aromatic nitrogens is 2.